The van der Waals surface area contributed by atoms with E-state index in [1.165, 1.54) is 17.0 Å². The molecule has 2 aliphatic rings. The van der Waals surface area contributed by atoms with Crippen molar-refractivity contribution in [3.05, 3.63) is 89.2 Å². The summed E-state index contributed by atoms with van der Waals surface area (Å²) in [6.07, 6.45) is 2.37. The van der Waals surface area contributed by atoms with E-state index < -0.39 is 6.23 Å². The van der Waals surface area contributed by atoms with E-state index in [2.05, 4.69) is 36.6 Å². The summed E-state index contributed by atoms with van der Waals surface area (Å²) in [5.41, 5.74) is 4.01. The van der Waals surface area contributed by atoms with E-state index in [4.69, 9.17) is 14.6 Å². The van der Waals surface area contributed by atoms with Crippen molar-refractivity contribution < 1.29 is 13.9 Å². The van der Waals surface area contributed by atoms with Gasteiger partial charge in [0, 0.05) is 22.4 Å². The lowest BCUT2D eigenvalue weighted by molar-refractivity contribution is -0.0209. The molecule has 2 heterocycles. The Morgan fingerprint density at radius 3 is 2.53 bits per heavy atom. The number of halogens is 1. The maximum Gasteiger partial charge on any atom is 0.214 e. The van der Waals surface area contributed by atoms with Crippen LogP contribution in [0.1, 0.15) is 35.4 Å². The fraction of sp³-hybridized carbons (Fsp3) is 0.208. The van der Waals surface area contributed by atoms with Gasteiger partial charge in [0.2, 0.25) is 6.23 Å². The second kappa shape index (κ2) is 7.69. The number of hydrazone groups is 1. The van der Waals surface area contributed by atoms with Crippen LogP contribution < -0.4 is 9.47 Å². The minimum atomic E-state index is -0.456. The summed E-state index contributed by atoms with van der Waals surface area (Å²) in [5.74, 6) is 1.14. The van der Waals surface area contributed by atoms with Crippen LogP contribution in [0, 0.1) is 5.82 Å². The van der Waals surface area contributed by atoms with Crippen molar-refractivity contribution >= 4 is 17.5 Å². The molecule has 0 spiro atoms. The normalized spacial score (nSPS) is 19.6. The van der Waals surface area contributed by atoms with Gasteiger partial charge in [-0.15, -0.1) is 11.8 Å². The molecular weight excluding hydrogens is 399 g/mol. The van der Waals surface area contributed by atoms with Gasteiger partial charge >= 0.3 is 0 Å². The summed E-state index contributed by atoms with van der Waals surface area (Å²) >= 11 is 1.72. The van der Waals surface area contributed by atoms with E-state index in [1.54, 1.807) is 31.0 Å². The highest BCUT2D eigenvalue weighted by Crippen LogP contribution is 2.50. The summed E-state index contributed by atoms with van der Waals surface area (Å²) in [7, 11) is 1.64. The van der Waals surface area contributed by atoms with E-state index in [-0.39, 0.29) is 11.9 Å². The van der Waals surface area contributed by atoms with Gasteiger partial charge in [-0.2, -0.15) is 5.10 Å². The molecule has 2 atom stereocenters. The van der Waals surface area contributed by atoms with Crippen LogP contribution in [0.4, 0.5) is 4.39 Å². The predicted molar refractivity (Wildman–Crippen MR) is 117 cm³/mol. The summed E-state index contributed by atoms with van der Waals surface area (Å²) in [6, 6.07) is 20.8. The number of para-hydroxylation sites is 1. The first-order chi connectivity index (χ1) is 14.7. The first kappa shape index (κ1) is 19.0. The summed E-state index contributed by atoms with van der Waals surface area (Å²) < 4.78 is 25.5. The molecule has 2 aliphatic heterocycles. The number of methoxy groups -OCH3 is 1. The second-order valence-corrected chi connectivity index (χ2v) is 8.16. The van der Waals surface area contributed by atoms with Crippen molar-refractivity contribution in [3.63, 3.8) is 0 Å². The highest BCUT2D eigenvalue weighted by atomic mass is 32.2. The predicted octanol–water partition coefficient (Wildman–Crippen LogP) is 5.80. The summed E-state index contributed by atoms with van der Waals surface area (Å²) in [5, 5.41) is 6.95. The standard InChI is InChI=1S/C24H21FN2O2S/c1-28-22-5-3-4-19-21-14-20(15-8-12-18(30-2)13-9-15)26-27(21)24(29-23(19)22)16-6-10-17(25)11-7-16/h3-13,21,24H,14H2,1-2H3. The maximum atomic E-state index is 13.5. The zero-order chi connectivity index (χ0) is 20.7. The Morgan fingerprint density at radius 1 is 1.07 bits per heavy atom. The van der Waals surface area contributed by atoms with Crippen molar-refractivity contribution in [2.24, 2.45) is 5.10 Å². The van der Waals surface area contributed by atoms with Crippen LogP contribution in [0.5, 0.6) is 11.5 Å². The molecule has 0 aromatic heterocycles. The Bertz CT molecular complexity index is 1100. The Balaban J connectivity index is 1.59. The smallest absolute Gasteiger partial charge is 0.214 e. The van der Waals surface area contributed by atoms with Gasteiger partial charge in [-0.25, -0.2) is 9.40 Å². The van der Waals surface area contributed by atoms with Crippen LogP contribution in [0.2, 0.25) is 0 Å². The lowest BCUT2D eigenvalue weighted by Gasteiger charge is -2.38. The van der Waals surface area contributed by atoms with Gasteiger partial charge in [-0.3, -0.25) is 0 Å². The van der Waals surface area contributed by atoms with E-state index in [1.807, 2.05) is 17.1 Å². The molecule has 0 N–H and O–H groups in total. The molecule has 30 heavy (non-hydrogen) atoms. The molecule has 3 aromatic carbocycles. The Morgan fingerprint density at radius 2 is 1.83 bits per heavy atom. The van der Waals surface area contributed by atoms with Gasteiger partial charge in [0.25, 0.3) is 0 Å². The Labute approximate surface area is 179 Å². The molecule has 0 radical (unpaired) electrons. The van der Waals surface area contributed by atoms with Crippen LogP contribution in [-0.2, 0) is 0 Å². The van der Waals surface area contributed by atoms with Crippen LogP contribution in [0.3, 0.4) is 0 Å². The lowest BCUT2D eigenvalue weighted by Crippen LogP contribution is -2.33. The monoisotopic (exact) mass is 420 g/mol. The van der Waals surface area contributed by atoms with E-state index in [0.29, 0.717) is 5.75 Å². The molecule has 0 saturated carbocycles. The SMILES string of the molecule is COc1cccc2c1OC(c1ccc(F)cc1)N1N=C(c3ccc(SC)cc3)CC21. The molecule has 6 heteroatoms. The average molecular weight is 421 g/mol. The number of thioether (sulfide) groups is 1. The van der Waals surface area contributed by atoms with Crippen molar-refractivity contribution in [3.8, 4) is 11.5 Å². The minimum absolute atomic E-state index is 0.0223. The van der Waals surface area contributed by atoms with Crippen molar-refractivity contribution in [1.29, 1.82) is 0 Å². The highest BCUT2D eigenvalue weighted by Gasteiger charge is 2.42. The quantitative estimate of drug-likeness (QED) is 0.500. The van der Waals surface area contributed by atoms with Gasteiger partial charge in [0.15, 0.2) is 11.5 Å². The lowest BCUT2D eigenvalue weighted by atomic mass is 9.95. The Hall–Kier alpha value is -2.99. The van der Waals surface area contributed by atoms with Crippen molar-refractivity contribution in [2.75, 3.05) is 13.4 Å². The zero-order valence-corrected chi connectivity index (χ0v) is 17.5. The number of fused-ring (bicyclic) bond motifs is 3. The largest absolute Gasteiger partial charge is 0.493 e. The molecule has 5 rings (SSSR count). The molecule has 3 aromatic rings. The maximum absolute atomic E-state index is 13.5. The zero-order valence-electron chi connectivity index (χ0n) is 16.7. The van der Waals surface area contributed by atoms with Crippen LogP contribution in [0.15, 0.2) is 76.7 Å². The van der Waals surface area contributed by atoms with Gasteiger partial charge < -0.3 is 9.47 Å². The van der Waals surface area contributed by atoms with Gasteiger partial charge in [-0.1, -0.05) is 36.4 Å². The first-order valence-corrected chi connectivity index (χ1v) is 11.0. The molecular formula is C24H21FN2O2S. The summed E-state index contributed by atoms with van der Waals surface area (Å²) in [6.45, 7) is 0. The number of nitrogens with zero attached hydrogens (tertiary/aromatic N) is 2. The number of hydrogen-bond donors (Lipinski definition) is 0. The third-order valence-corrected chi connectivity index (χ3v) is 6.32. The topological polar surface area (TPSA) is 34.1 Å². The molecule has 152 valence electrons. The fourth-order valence-corrected chi connectivity index (χ4v) is 4.46. The molecule has 0 saturated heterocycles. The summed E-state index contributed by atoms with van der Waals surface area (Å²) in [4.78, 5) is 1.22. The minimum Gasteiger partial charge on any atom is -0.493 e. The second-order valence-electron chi connectivity index (χ2n) is 7.28. The van der Waals surface area contributed by atoms with Gasteiger partial charge in [0.1, 0.15) is 5.82 Å². The van der Waals surface area contributed by atoms with E-state index >= 15 is 0 Å². The molecule has 4 nitrogen and oxygen atoms in total. The fourth-order valence-electron chi connectivity index (χ4n) is 4.05. The van der Waals surface area contributed by atoms with E-state index in [9.17, 15) is 4.39 Å². The molecule has 0 fully saturated rings. The van der Waals surface area contributed by atoms with Crippen molar-refractivity contribution in [1.82, 2.24) is 5.01 Å². The van der Waals surface area contributed by atoms with Crippen LogP contribution in [0.25, 0.3) is 0 Å². The molecule has 0 bridgehead atoms. The third kappa shape index (κ3) is 3.21. The highest BCUT2D eigenvalue weighted by molar-refractivity contribution is 7.98. The van der Waals surface area contributed by atoms with Gasteiger partial charge in [0.05, 0.1) is 18.9 Å². The number of hydrogen-bond acceptors (Lipinski definition) is 5. The van der Waals surface area contributed by atoms with Gasteiger partial charge in [-0.05, 0) is 42.2 Å². The third-order valence-electron chi connectivity index (χ3n) is 5.58. The van der Waals surface area contributed by atoms with Crippen LogP contribution in [-0.4, -0.2) is 24.1 Å². The average Bonchev–Trinajstić information content (AvgIpc) is 3.24. The molecule has 0 aliphatic carbocycles. The molecule has 2 unspecified atom stereocenters. The molecule has 0 amide bonds. The number of ether oxygens (including phenoxy) is 2. The first-order valence-electron chi connectivity index (χ1n) is 9.77. The van der Waals surface area contributed by atoms with Crippen LogP contribution >= 0.6 is 11.8 Å². The van der Waals surface area contributed by atoms with Crippen molar-refractivity contribution in [2.45, 2.75) is 23.6 Å². The van der Waals surface area contributed by atoms with E-state index in [0.717, 1.165) is 34.6 Å². The number of rotatable bonds is 4. The Kier molecular flexibility index (Phi) is 4.87. The number of benzene rings is 3.